The summed E-state index contributed by atoms with van der Waals surface area (Å²) in [5.74, 6) is 1.65. The fourth-order valence-corrected chi connectivity index (χ4v) is 2.13. The molecule has 4 nitrogen and oxygen atoms in total. The Morgan fingerprint density at radius 3 is 2.74 bits per heavy atom. The van der Waals surface area contributed by atoms with Crippen LogP contribution in [-0.4, -0.2) is 22.0 Å². The monoisotopic (exact) mass is 258 g/mol. The summed E-state index contributed by atoms with van der Waals surface area (Å²) in [6.07, 6.45) is 5.03. The van der Waals surface area contributed by atoms with Gasteiger partial charge in [0.05, 0.1) is 11.9 Å². The lowest BCUT2D eigenvalue weighted by molar-refractivity contribution is 0.624. The van der Waals surface area contributed by atoms with Crippen LogP contribution in [0, 0.1) is 12.7 Å². The van der Waals surface area contributed by atoms with Gasteiger partial charge in [-0.15, -0.1) is 0 Å². The summed E-state index contributed by atoms with van der Waals surface area (Å²) in [6.45, 7) is 1.90. The summed E-state index contributed by atoms with van der Waals surface area (Å²) in [5, 5.41) is 3.06. The van der Waals surface area contributed by atoms with E-state index >= 15 is 0 Å². The van der Waals surface area contributed by atoms with E-state index in [-0.39, 0.29) is 5.82 Å². The first-order valence-electron chi connectivity index (χ1n) is 6.37. The van der Waals surface area contributed by atoms with Gasteiger partial charge in [-0.25, -0.2) is 14.4 Å². The van der Waals surface area contributed by atoms with Crippen LogP contribution >= 0.6 is 0 Å². The van der Waals surface area contributed by atoms with Gasteiger partial charge < -0.3 is 5.32 Å². The number of pyridine rings is 1. The van der Waals surface area contributed by atoms with E-state index in [0.717, 1.165) is 30.0 Å². The Hall–Kier alpha value is -2.04. The summed E-state index contributed by atoms with van der Waals surface area (Å²) < 4.78 is 13.9. The second kappa shape index (κ2) is 4.57. The molecule has 0 aliphatic heterocycles. The Labute approximate surface area is 111 Å². The van der Waals surface area contributed by atoms with Gasteiger partial charge in [0.15, 0.2) is 5.82 Å². The summed E-state index contributed by atoms with van der Waals surface area (Å²) in [7, 11) is 1.82. The molecule has 0 amide bonds. The molecule has 1 saturated carbocycles. The summed E-state index contributed by atoms with van der Waals surface area (Å²) >= 11 is 0. The second-order valence-corrected chi connectivity index (χ2v) is 4.78. The van der Waals surface area contributed by atoms with Crippen molar-refractivity contribution < 1.29 is 4.39 Å². The molecule has 0 aromatic carbocycles. The van der Waals surface area contributed by atoms with Crippen molar-refractivity contribution in [3.63, 3.8) is 0 Å². The molecule has 0 spiro atoms. The zero-order valence-corrected chi connectivity index (χ0v) is 10.9. The summed E-state index contributed by atoms with van der Waals surface area (Å²) in [4.78, 5) is 12.8. The average molecular weight is 258 g/mol. The minimum atomic E-state index is -0.354. The average Bonchev–Trinajstić information content (AvgIpc) is 3.24. The molecule has 1 aliphatic rings. The van der Waals surface area contributed by atoms with Crippen LogP contribution in [0.2, 0.25) is 0 Å². The first kappa shape index (κ1) is 12.0. The predicted octanol–water partition coefficient (Wildman–Crippen LogP) is 2.91. The van der Waals surface area contributed by atoms with Crippen LogP contribution in [0.5, 0.6) is 0 Å². The highest BCUT2D eigenvalue weighted by atomic mass is 19.1. The molecule has 1 fully saturated rings. The molecular weight excluding hydrogens is 243 g/mol. The highest BCUT2D eigenvalue weighted by Crippen LogP contribution is 2.40. The molecule has 98 valence electrons. The number of hydrogen-bond donors (Lipinski definition) is 1. The minimum absolute atomic E-state index is 0.354. The topological polar surface area (TPSA) is 50.7 Å². The quantitative estimate of drug-likeness (QED) is 0.919. The molecule has 1 N–H and O–H groups in total. The minimum Gasteiger partial charge on any atom is -0.373 e. The van der Waals surface area contributed by atoms with Crippen molar-refractivity contribution in [3.8, 4) is 11.3 Å². The van der Waals surface area contributed by atoms with Gasteiger partial charge in [-0.05, 0) is 25.8 Å². The predicted molar refractivity (Wildman–Crippen MR) is 71.5 cm³/mol. The van der Waals surface area contributed by atoms with Crippen LogP contribution in [0.4, 0.5) is 10.2 Å². The van der Waals surface area contributed by atoms with E-state index in [1.807, 2.05) is 14.0 Å². The second-order valence-electron chi connectivity index (χ2n) is 4.78. The first-order valence-corrected chi connectivity index (χ1v) is 6.37. The van der Waals surface area contributed by atoms with Gasteiger partial charge in [-0.3, -0.25) is 4.98 Å². The van der Waals surface area contributed by atoms with Crippen molar-refractivity contribution >= 4 is 5.82 Å². The van der Waals surface area contributed by atoms with Crippen molar-refractivity contribution in [2.45, 2.75) is 25.7 Å². The Balaban J connectivity index is 2.19. The third kappa shape index (κ3) is 2.16. The van der Waals surface area contributed by atoms with Crippen LogP contribution in [0.25, 0.3) is 11.3 Å². The molecule has 0 unspecified atom stereocenters. The number of hydrogen-bond acceptors (Lipinski definition) is 4. The van der Waals surface area contributed by atoms with Gasteiger partial charge in [-0.1, -0.05) is 0 Å². The molecule has 2 aromatic heterocycles. The largest absolute Gasteiger partial charge is 0.373 e. The molecule has 0 saturated heterocycles. The van der Waals surface area contributed by atoms with E-state index in [2.05, 4.69) is 20.3 Å². The molecule has 0 radical (unpaired) electrons. The number of aromatic nitrogens is 3. The lowest BCUT2D eigenvalue weighted by Gasteiger charge is -2.12. The Morgan fingerprint density at radius 2 is 2.11 bits per heavy atom. The Bertz CT molecular complexity index is 623. The Morgan fingerprint density at radius 1 is 1.32 bits per heavy atom. The highest BCUT2D eigenvalue weighted by molar-refractivity contribution is 5.68. The molecule has 0 atom stereocenters. The van der Waals surface area contributed by atoms with Crippen LogP contribution < -0.4 is 5.32 Å². The van der Waals surface area contributed by atoms with Crippen molar-refractivity contribution in [1.29, 1.82) is 0 Å². The van der Waals surface area contributed by atoms with Crippen molar-refractivity contribution in [3.05, 3.63) is 35.7 Å². The number of rotatable bonds is 3. The fourth-order valence-electron chi connectivity index (χ4n) is 2.13. The maximum atomic E-state index is 13.9. The van der Waals surface area contributed by atoms with Crippen molar-refractivity contribution in [2.24, 2.45) is 0 Å². The van der Waals surface area contributed by atoms with Crippen molar-refractivity contribution in [1.82, 2.24) is 15.0 Å². The summed E-state index contributed by atoms with van der Waals surface area (Å²) in [6, 6.07) is 1.65. The molecule has 3 rings (SSSR count). The molecule has 0 bridgehead atoms. The maximum Gasteiger partial charge on any atom is 0.150 e. The van der Waals surface area contributed by atoms with Gasteiger partial charge in [0.2, 0.25) is 0 Å². The van der Waals surface area contributed by atoms with Crippen molar-refractivity contribution in [2.75, 3.05) is 12.4 Å². The lowest BCUT2D eigenvalue weighted by Crippen LogP contribution is -2.05. The number of nitrogens with zero attached hydrogens (tertiary/aromatic N) is 3. The normalized spacial score (nSPS) is 14.5. The summed E-state index contributed by atoms with van der Waals surface area (Å²) in [5.41, 5.74) is 1.99. The smallest absolute Gasteiger partial charge is 0.150 e. The van der Waals surface area contributed by atoms with Crippen LogP contribution in [-0.2, 0) is 0 Å². The molecule has 2 aromatic rings. The highest BCUT2D eigenvalue weighted by Gasteiger charge is 2.28. The SMILES string of the molecule is CNc1nc(C2CC2)nc(-c2ccncc2F)c1C. The molecule has 5 heteroatoms. The van der Waals surface area contributed by atoms with Crippen LogP contribution in [0.15, 0.2) is 18.5 Å². The maximum absolute atomic E-state index is 13.9. The van der Waals surface area contributed by atoms with Crippen LogP contribution in [0.3, 0.4) is 0 Å². The van der Waals surface area contributed by atoms with E-state index in [1.165, 1.54) is 6.20 Å². The van der Waals surface area contributed by atoms with E-state index in [0.29, 0.717) is 17.2 Å². The molecule has 1 aliphatic carbocycles. The van der Waals surface area contributed by atoms with Gasteiger partial charge in [0.25, 0.3) is 0 Å². The van der Waals surface area contributed by atoms with Crippen LogP contribution in [0.1, 0.15) is 30.1 Å². The molecule has 19 heavy (non-hydrogen) atoms. The van der Waals surface area contributed by atoms with E-state index in [1.54, 1.807) is 12.3 Å². The molecule has 2 heterocycles. The van der Waals surface area contributed by atoms with E-state index in [4.69, 9.17) is 0 Å². The standard InChI is InChI=1S/C14H15FN4/c1-8-12(10-5-6-17-7-11(10)15)18-14(9-3-4-9)19-13(8)16-2/h5-7,9H,3-4H2,1-2H3,(H,16,18,19). The molecular formula is C14H15FN4. The first-order chi connectivity index (χ1) is 9.20. The lowest BCUT2D eigenvalue weighted by atomic mass is 10.1. The third-order valence-electron chi connectivity index (χ3n) is 3.37. The number of nitrogens with one attached hydrogen (secondary N) is 1. The fraction of sp³-hybridized carbons (Fsp3) is 0.357. The van der Waals surface area contributed by atoms with Gasteiger partial charge in [0, 0.05) is 30.3 Å². The zero-order chi connectivity index (χ0) is 13.4. The van der Waals surface area contributed by atoms with E-state index in [9.17, 15) is 4.39 Å². The number of anilines is 1. The zero-order valence-electron chi connectivity index (χ0n) is 10.9. The van der Waals surface area contributed by atoms with Gasteiger partial charge >= 0.3 is 0 Å². The van der Waals surface area contributed by atoms with E-state index < -0.39 is 0 Å². The van der Waals surface area contributed by atoms with Gasteiger partial charge in [-0.2, -0.15) is 0 Å². The number of halogens is 1. The third-order valence-corrected chi connectivity index (χ3v) is 3.37. The Kier molecular flexibility index (Phi) is 2.89. The van der Waals surface area contributed by atoms with Gasteiger partial charge in [0.1, 0.15) is 11.6 Å².